The summed E-state index contributed by atoms with van der Waals surface area (Å²) in [5, 5.41) is 11.1. The number of hydrogen-bond donors (Lipinski definition) is 1. The van der Waals surface area contributed by atoms with E-state index in [1.54, 1.807) is 30.0 Å². The monoisotopic (exact) mass is 325 g/mol. The second-order valence-electron chi connectivity index (χ2n) is 3.86. The Morgan fingerprint density at radius 3 is 2.48 bits per heavy atom. The number of benzene rings is 1. The number of aromatic nitrogens is 2. The second-order valence-corrected chi connectivity index (χ2v) is 6.35. The molecule has 112 valence electrons. The van der Waals surface area contributed by atoms with E-state index in [0.717, 1.165) is 10.1 Å². The minimum absolute atomic E-state index is 0.281. The normalized spacial score (nSPS) is 10.2. The molecule has 8 heteroatoms. The summed E-state index contributed by atoms with van der Waals surface area (Å²) in [6.45, 7) is 2.03. The first-order chi connectivity index (χ1) is 10.2. The van der Waals surface area contributed by atoms with E-state index in [9.17, 15) is 4.79 Å². The molecule has 0 saturated heterocycles. The highest BCUT2D eigenvalue weighted by Crippen LogP contribution is 2.26. The number of ether oxygens (including phenoxy) is 2. The van der Waals surface area contributed by atoms with Crippen LogP contribution in [0.1, 0.15) is 17.3 Å². The van der Waals surface area contributed by atoms with Gasteiger partial charge < -0.3 is 9.47 Å². The standard InChI is InChI=1S/C13H15N3O3S2/c1-4-20-13-16-15-12(21-13)14-11(17)8-5-9(18-2)7-10(6-8)19-3/h5-7H,4H2,1-3H3,(H,14,15,17). The average molecular weight is 325 g/mol. The Kier molecular flexibility index (Phi) is 5.40. The molecular weight excluding hydrogens is 310 g/mol. The van der Waals surface area contributed by atoms with Gasteiger partial charge in [-0.3, -0.25) is 10.1 Å². The zero-order valence-electron chi connectivity index (χ0n) is 11.9. The van der Waals surface area contributed by atoms with Crippen LogP contribution in [-0.2, 0) is 0 Å². The Morgan fingerprint density at radius 2 is 1.90 bits per heavy atom. The Labute approximate surface area is 130 Å². The van der Waals surface area contributed by atoms with Gasteiger partial charge in [0.15, 0.2) is 4.34 Å². The molecule has 0 spiro atoms. The minimum atomic E-state index is -0.281. The number of hydrogen-bond acceptors (Lipinski definition) is 7. The summed E-state index contributed by atoms with van der Waals surface area (Å²) in [5.74, 6) is 1.74. The number of anilines is 1. The Balaban J connectivity index is 2.15. The molecule has 1 N–H and O–H groups in total. The van der Waals surface area contributed by atoms with E-state index in [-0.39, 0.29) is 5.91 Å². The number of thioether (sulfide) groups is 1. The maximum atomic E-state index is 12.2. The van der Waals surface area contributed by atoms with E-state index in [2.05, 4.69) is 15.5 Å². The summed E-state index contributed by atoms with van der Waals surface area (Å²) in [5.41, 5.74) is 0.436. The molecule has 0 unspecified atom stereocenters. The third-order valence-corrected chi connectivity index (χ3v) is 4.36. The molecule has 0 radical (unpaired) electrons. The van der Waals surface area contributed by atoms with Gasteiger partial charge in [-0.1, -0.05) is 30.0 Å². The summed E-state index contributed by atoms with van der Waals surface area (Å²) in [6, 6.07) is 4.99. The van der Waals surface area contributed by atoms with Crippen molar-refractivity contribution in [2.45, 2.75) is 11.3 Å². The third kappa shape index (κ3) is 4.08. The van der Waals surface area contributed by atoms with Gasteiger partial charge in [-0.05, 0) is 17.9 Å². The zero-order valence-corrected chi connectivity index (χ0v) is 13.5. The van der Waals surface area contributed by atoms with Gasteiger partial charge in [-0.2, -0.15) is 0 Å². The Bertz CT molecular complexity index is 609. The van der Waals surface area contributed by atoms with Gasteiger partial charge in [0, 0.05) is 11.6 Å². The van der Waals surface area contributed by atoms with Crippen molar-refractivity contribution in [1.82, 2.24) is 10.2 Å². The van der Waals surface area contributed by atoms with Gasteiger partial charge in [0.1, 0.15) is 11.5 Å². The molecule has 21 heavy (non-hydrogen) atoms. The van der Waals surface area contributed by atoms with Gasteiger partial charge in [0.05, 0.1) is 14.2 Å². The first-order valence-corrected chi connectivity index (χ1v) is 7.97. The van der Waals surface area contributed by atoms with Crippen LogP contribution in [0.3, 0.4) is 0 Å². The Morgan fingerprint density at radius 1 is 1.24 bits per heavy atom. The van der Waals surface area contributed by atoms with Gasteiger partial charge >= 0.3 is 0 Å². The van der Waals surface area contributed by atoms with Gasteiger partial charge in [0.25, 0.3) is 5.91 Å². The second kappa shape index (κ2) is 7.28. The van der Waals surface area contributed by atoms with Crippen molar-refractivity contribution in [3.05, 3.63) is 23.8 Å². The molecule has 1 heterocycles. The quantitative estimate of drug-likeness (QED) is 0.650. The average Bonchev–Trinajstić information content (AvgIpc) is 2.94. The number of rotatable bonds is 6. The van der Waals surface area contributed by atoms with Crippen molar-refractivity contribution in [2.75, 3.05) is 25.3 Å². The lowest BCUT2D eigenvalue weighted by atomic mass is 10.2. The molecule has 0 aliphatic rings. The number of nitrogens with one attached hydrogen (secondary N) is 1. The van der Waals surface area contributed by atoms with E-state index in [0.29, 0.717) is 22.2 Å². The van der Waals surface area contributed by atoms with E-state index < -0.39 is 0 Å². The van der Waals surface area contributed by atoms with Gasteiger partial charge in [-0.25, -0.2) is 0 Å². The lowest BCUT2D eigenvalue weighted by Gasteiger charge is -2.07. The topological polar surface area (TPSA) is 73.3 Å². The summed E-state index contributed by atoms with van der Waals surface area (Å²) >= 11 is 2.93. The van der Waals surface area contributed by atoms with Crippen molar-refractivity contribution in [1.29, 1.82) is 0 Å². The lowest BCUT2D eigenvalue weighted by molar-refractivity contribution is 0.102. The molecular formula is C13H15N3O3S2. The number of carbonyl (C=O) groups is 1. The number of nitrogens with zero attached hydrogens (tertiary/aromatic N) is 2. The highest BCUT2D eigenvalue weighted by molar-refractivity contribution is 8.01. The van der Waals surface area contributed by atoms with E-state index in [1.807, 2.05) is 6.92 Å². The molecule has 0 aliphatic carbocycles. The molecule has 1 amide bonds. The molecule has 0 bridgehead atoms. The maximum absolute atomic E-state index is 12.2. The van der Waals surface area contributed by atoms with E-state index >= 15 is 0 Å². The molecule has 1 aromatic heterocycles. The summed E-state index contributed by atoms with van der Waals surface area (Å²) in [7, 11) is 3.07. The van der Waals surface area contributed by atoms with Gasteiger partial charge in [0.2, 0.25) is 5.13 Å². The van der Waals surface area contributed by atoms with Crippen molar-refractivity contribution in [2.24, 2.45) is 0 Å². The largest absolute Gasteiger partial charge is 0.497 e. The molecule has 1 aromatic carbocycles. The summed E-state index contributed by atoms with van der Waals surface area (Å²) < 4.78 is 11.1. The van der Waals surface area contributed by atoms with Crippen LogP contribution in [0.25, 0.3) is 0 Å². The van der Waals surface area contributed by atoms with Crippen LogP contribution in [-0.4, -0.2) is 36.1 Å². The van der Waals surface area contributed by atoms with Crippen molar-refractivity contribution < 1.29 is 14.3 Å². The fourth-order valence-corrected chi connectivity index (χ4v) is 3.19. The van der Waals surface area contributed by atoms with Crippen LogP contribution < -0.4 is 14.8 Å². The van der Waals surface area contributed by atoms with Crippen LogP contribution in [0.2, 0.25) is 0 Å². The molecule has 6 nitrogen and oxygen atoms in total. The predicted octanol–water partition coefficient (Wildman–Crippen LogP) is 2.92. The molecule has 2 rings (SSSR count). The van der Waals surface area contributed by atoms with Crippen LogP contribution >= 0.6 is 23.1 Å². The van der Waals surface area contributed by atoms with Crippen molar-refractivity contribution in [3.8, 4) is 11.5 Å². The van der Waals surface area contributed by atoms with Crippen molar-refractivity contribution >= 4 is 34.1 Å². The fourth-order valence-electron chi connectivity index (χ4n) is 1.55. The van der Waals surface area contributed by atoms with Crippen LogP contribution in [0.4, 0.5) is 5.13 Å². The first-order valence-electron chi connectivity index (χ1n) is 6.17. The zero-order chi connectivity index (χ0) is 15.2. The van der Waals surface area contributed by atoms with Crippen LogP contribution in [0.15, 0.2) is 22.5 Å². The van der Waals surface area contributed by atoms with Crippen LogP contribution in [0.5, 0.6) is 11.5 Å². The highest BCUT2D eigenvalue weighted by Gasteiger charge is 2.13. The third-order valence-electron chi connectivity index (χ3n) is 2.51. The minimum Gasteiger partial charge on any atom is -0.497 e. The van der Waals surface area contributed by atoms with Crippen molar-refractivity contribution in [3.63, 3.8) is 0 Å². The smallest absolute Gasteiger partial charge is 0.257 e. The van der Waals surface area contributed by atoms with Crippen LogP contribution in [0, 0.1) is 0 Å². The molecule has 0 aliphatic heterocycles. The molecule has 2 aromatic rings. The molecule has 0 saturated carbocycles. The predicted molar refractivity (Wildman–Crippen MR) is 83.8 cm³/mol. The molecule has 0 fully saturated rings. The SMILES string of the molecule is CCSc1nnc(NC(=O)c2cc(OC)cc(OC)c2)s1. The maximum Gasteiger partial charge on any atom is 0.257 e. The highest BCUT2D eigenvalue weighted by atomic mass is 32.2. The summed E-state index contributed by atoms with van der Waals surface area (Å²) in [4.78, 5) is 12.2. The molecule has 0 atom stereocenters. The number of carbonyl (C=O) groups excluding carboxylic acids is 1. The van der Waals surface area contributed by atoms with E-state index in [4.69, 9.17) is 9.47 Å². The van der Waals surface area contributed by atoms with E-state index in [1.165, 1.54) is 25.6 Å². The Hall–Kier alpha value is -1.80. The number of amides is 1. The lowest BCUT2D eigenvalue weighted by Crippen LogP contribution is -2.12. The van der Waals surface area contributed by atoms with Gasteiger partial charge in [-0.15, -0.1) is 10.2 Å². The fraction of sp³-hybridized carbons (Fsp3) is 0.308. The first kappa shape index (κ1) is 15.6. The summed E-state index contributed by atoms with van der Waals surface area (Å²) in [6.07, 6.45) is 0. The number of methoxy groups -OCH3 is 2.